The molecule has 0 amide bonds. The predicted octanol–water partition coefficient (Wildman–Crippen LogP) is 5.61. The number of nitrogens with one attached hydrogen (secondary N) is 1. The second-order valence-corrected chi connectivity index (χ2v) is 9.76. The van der Waals surface area contributed by atoms with Crippen LogP contribution < -0.4 is 19.5 Å². The Labute approximate surface area is 226 Å². The lowest BCUT2D eigenvalue weighted by molar-refractivity contribution is -0.130. The van der Waals surface area contributed by atoms with Crippen LogP contribution in [0.15, 0.2) is 23.2 Å². The van der Waals surface area contributed by atoms with E-state index in [1.165, 1.54) is 51.7 Å². The topological polar surface area (TPSA) is 96.8 Å². The molecule has 0 heterocycles. The van der Waals surface area contributed by atoms with Gasteiger partial charge in [0.05, 0.1) is 12.6 Å². The summed E-state index contributed by atoms with van der Waals surface area (Å²) in [6.07, 6.45) is 15.3. The first kappa shape index (κ1) is 29.8. The van der Waals surface area contributed by atoms with E-state index in [2.05, 4.69) is 5.32 Å². The third-order valence-corrected chi connectivity index (χ3v) is 6.57. The van der Waals surface area contributed by atoms with E-state index < -0.39 is 5.97 Å². The molecule has 0 saturated heterocycles. The van der Waals surface area contributed by atoms with Crippen molar-refractivity contribution in [2.45, 2.75) is 89.6 Å². The molecule has 1 aromatic rings. The number of benzene rings is 1. The molecular formula is C29H44N2O7. The van der Waals surface area contributed by atoms with Gasteiger partial charge in [-0.2, -0.15) is 0 Å². The minimum atomic E-state index is -0.488. The third-order valence-electron chi connectivity index (χ3n) is 6.57. The van der Waals surface area contributed by atoms with E-state index in [0.717, 1.165) is 32.1 Å². The van der Waals surface area contributed by atoms with E-state index in [-0.39, 0.29) is 19.6 Å². The Morgan fingerprint density at radius 1 is 0.921 bits per heavy atom. The van der Waals surface area contributed by atoms with E-state index in [0.29, 0.717) is 41.5 Å². The fourth-order valence-electron chi connectivity index (χ4n) is 4.69. The molecule has 0 radical (unpaired) electrons. The zero-order chi connectivity index (χ0) is 27.0. The van der Waals surface area contributed by atoms with Gasteiger partial charge < -0.3 is 33.7 Å². The van der Waals surface area contributed by atoms with Gasteiger partial charge in [-0.3, -0.25) is 0 Å². The molecule has 0 unspecified atom stereocenters. The Kier molecular flexibility index (Phi) is 13.3. The number of methoxy groups -OCH3 is 2. The highest BCUT2D eigenvalue weighted by Gasteiger charge is 2.20. The first-order chi connectivity index (χ1) is 18.6. The minimum Gasteiger partial charge on any atom is -0.490 e. The first-order valence-corrected chi connectivity index (χ1v) is 13.9. The molecule has 0 spiro atoms. The van der Waals surface area contributed by atoms with Gasteiger partial charge in [0.25, 0.3) is 6.02 Å². The summed E-state index contributed by atoms with van der Waals surface area (Å²) in [6, 6.07) is 4.38. The van der Waals surface area contributed by atoms with Gasteiger partial charge in [0.2, 0.25) is 5.75 Å². The molecule has 2 aliphatic carbocycles. The lowest BCUT2D eigenvalue weighted by Crippen LogP contribution is -2.39. The van der Waals surface area contributed by atoms with Crippen LogP contribution in [0.2, 0.25) is 0 Å². The zero-order valence-electron chi connectivity index (χ0n) is 23.2. The average molecular weight is 533 g/mol. The second kappa shape index (κ2) is 16.9. The standard InChI is InChI=1S/C29H44N2O7/c1-4-17-35-25-18-22(19-26(36-20-33-2)28(25)37-21-34-3)15-16-27(32)38-29(30-23-11-7-5-8-12-23)31-24-13-9-6-10-14-24/h15-16,18-19,23-24H,4-14,17,20-21H2,1-3H3,(H,30,31)/b16-15+. The van der Waals surface area contributed by atoms with Crippen molar-refractivity contribution in [2.24, 2.45) is 4.99 Å². The lowest BCUT2D eigenvalue weighted by atomic mass is 9.95. The number of ether oxygens (including phenoxy) is 6. The van der Waals surface area contributed by atoms with E-state index in [9.17, 15) is 4.79 Å². The highest BCUT2D eigenvalue weighted by atomic mass is 16.7. The minimum absolute atomic E-state index is 0.0274. The molecule has 1 N–H and O–H groups in total. The summed E-state index contributed by atoms with van der Waals surface area (Å²) in [7, 11) is 3.08. The van der Waals surface area contributed by atoms with Gasteiger partial charge in [-0.15, -0.1) is 0 Å². The Morgan fingerprint density at radius 2 is 1.55 bits per heavy atom. The van der Waals surface area contributed by atoms with Crippen molar-refractivity contribution >= 4 is 18.1 Å². The molecule has 0 bridgehead atoms. The second-order valence-electron chi connectivity index (χ2n) is 9.76. The summed E-state index contributed by atoms with van der Waals surface area (Å²) in [5.74, 6) is 0.835. The van der Waals surface area contributed by atoms with Crippen LogP contribution in [0, 0.1) is 0 Å². The number of amidine groups is 1. The Balaban J connectivity index is 1.76. The maximum Gasteiger partial charge on any atom is 0.338 e. The normalized spacial score (nSPS) is 17.4. The van der Waals surface area contributed by atoms with Crippen molar-refractivity contribution in [1.29, 1.82) is 0 Å². The van der Waals surface area contributed by atoms with Crippen LogP contribution in [0.1, 0.15) is 83.1 Å². The molecule has 0 aromatic heterocycles. The molecule has 2 saturated carbocycles. The van der Waals surface area contributed by atoms with E-state index in [4.69, 9.17) is 33.4 Å². The molecule has 0 aliphatic heterocycles. The highest BCUT2D eigenvalue weighted by molar-refractivity contribution is 5.96. The maximum absolute atomic E-state index is 12.9. The number of rotatable bonds is 13. The summed E-state index contributed by atoms with van der Waals surface area (Å²) in [5, 5.41) is 3.41. The van der Waals surface area contributed by atoms with E-state index >= 15 is 0 Å². The third kappa shape index (κ3) is 10.2. The SMILES string of the molecule is CCCOc1cc(/C=C/C(=O)OC(=NC2CCCCC2)NC2CCCCC2)cc(OCOC)c1OCOC. The largest absolute Gasteiger partial charge is 0.490 e. The van der Waals surface area contributed by atoms with Crippen molar-refractivity contribution in [3.63, 3.8) is 0 Å². The predicted molar refractivity (Wildman–Crippen MR) is 147 cm³/mol. The van der Waals surface area contributed by atoms with Gasteiger partial charge >= 0.3 is 5.97 Å². The molecule has 2 fully saturated rings. The molecule has 1 aromatic carbocycles. The highest BCUT2D eigenvalue weighted by Crippen LogP contribution is 2.39. The molecule has 38 heavy (non-hydrogen) atoms. The fraction of sp³-hybridized carbons (Fsp3) is 0.655. The number of esters is 1. The zero-order valence-corrected chi connectivity index (χ0v) is 23.2. The molecule has 2 aliphatic rings. The molecule has 0 atom stereocenters. The summed E-state index contributed by atoms with van der Waals surface area (Å²) in [5.41, 5.74) is 0.690. The number of hydrogen-bond donors (Lipinski definition) is 1. The van der Waals surface area contributed by atoms with Crippen molar-refractivity contribution in [1.82, 2.24) is 5.32 Å². The van der Waals surface area contributed by atoms with Gasteiger partial charge in [0, 0.05) is 26.3 Å². The van der Waals surface area contributed by atoms with Crippen molar-refractivity contribution in [3.8, 4) is 17.2 Å². The Morgan fingerprint density at radius 3 is 2.21 bits per heavy atom. The smallest absolute Gasteiger partial charge is 0.338 e. The monoisotopic (exact) mass is 532 g/mol. The van der Waals surface area contributed by atoms with Gasteiger partial charge in [0.15, 0.2) is 25.1 Å². The van der Waals surface area contributed by atoms with Crippen LogP contribution in [0.25, 0.3) is 6.08 Å². The number of carbonyl (C=O) groups is 1. The molecule has 9 heteroatoms. The summed E-state index contributed by atoms with van der Waals surface area (Å²) >= 11 is 0. The molecule has 3 rings (SSSR count). The van der Waals surface area contributed by atoms with Crippen LogP contribution in [0.5, 0.6) is 17.2 Å². The quantitative estimate of drug-likeness (QED) is 0.115. The number of nitrogens with zero attached hydrogens (tertiary/aromatic N) is 1. The number of carbonyl (C=O) groups excluding carboxylic acids is 1. The van der Waals surface area contributed by atoms with E-state index in [1.54, 1.807) is 25.3 Å². The van der Waals surface area contributed by atoms with Crippen molar-refractivity contribution in [2.75, 3.05) is 34.4 Å². The lowest BCUT2D eigenvalue weighted by Gasteiger charge is -2.25. The van der Waals surface area contributed by atoms with Gasteiger partial charge in [-0.1, -0.05) is 45.4 Å². The Hall–Kier alpha value is -2.78. The molecule has 212 valence electrons. The van der Waals surface area contributed by atoms with Crippen LogP contribution >= 0.6 is 0 Å². The van der Waals surface area contributed by atoms with Crippen molar-refractivity contribution in [3.05, 3.63) is 23.8 Å². The van der Waals surface area contributed by atoms with Crippen LogP contribution in [0.3, 0.4) is 0 Å². The van der Waals surface area contributed by atoms with Crippen LogP contribution in [0.4, 0.5) is 0 Å². The Bertz CT molecular complexity index is 877. The van der Waals surface area contributed by atoms with Crippen LogP contribution in [-0.4, -0.2) is 58.5 Å². The van der Waals surface area contributed by atoms with Crippen molar-refractivity contribution < 1.29 is 33.2 Å². The van der Waals surface area contributed by atoms with Crippen LogP contribution in [-0.2, 0) is 19.0 Å². The van der Waals surface area contributed by atoms with Gasteiger partial charge in [-0.25, -0.2) is 9.79 Å². The fourth-order valence-corrected chi connectivity index (χ4v) is 4.69. The molecular weight excluding hydrogens is 488 g/mol. The summed E-state index contributed by atoms with van der Waals surface area (Å²) < 4.78 is 33.2. The molecule has 9 nitrogen and oxygen atoms in total. The first-order valence-electron chi connectivity index (χ1n) is 13.9. The number of hydrogen-bond acceptors (Lipinski definition) is 8. The summed E-state index contributed by atoms with van der Waals surface area (Å²) in [6.45, 7) is 2.58. The maximum atomic E-state index is 12.9. The van der Waals surface area contributed by atoms with Gasteiger partial charge in [0.1, 0.15) is 0 Å². The number of aliphatic imine (C=N–C) groups is 1. The van der Waals surface area contributed by atoms with Gasteiger partial charge in [-0.05, 0) is 55.9 Å². The summed E-state index contributed by atoms with van der Waals surface area (Å²) in [4.78, 5) is 17.7. The average Bonchev–Trinajstić information content (AvgIpc) is 2.94. The van der Waals surface area contributed by atoms with E-state index in [1.807, 2.05) is 6.92 Å².